The van der Waals surface area contributed by atoms with Crippen molar-refractivity contribution in [3.63, 3.8) is 0 Å². The molecular weight excluding hydrogens is 489 g/mol. The maximum Gasteiger partial charge on any atom is 0.437 e. The highest BCUT2D eigenvalue weighted by Gasteiger charge is 2.39. The minimum Gasteiger partial charge on any atom is -0.396 e. The summed E-state index contributed by atoms with van der Waals surface area (Å²) in [5.41, 5.74) is 0.796. The van der Waals surface area contributed by atoms with E-state index in [2.05, 4.69) is 5.32 Å². The Morgan fingerprint density at radius 1 is 1.09 bits per heavy atom. The lowest BCUT2D eigenvalue weighted by Crippen LogP contribution is -2.55. The second kappa shape index (κ2) is 10.7. The van der Waals surface area contributed by atoms with Gasteiger partial charge in [0.05, 0.1) is 6.04 Å². The van der Waals surface area contributed by atoms with E-state index in [1.807, 2.05) is 30.3 Å². The lowest BCUT2D eigenvalue weighted by atomic mass is 10.0. The van der Waals surface area contributed by atoms with E-state index >= 15 is 0 Å². The zero-order valence-electron chi connectivity index (χ0n) is 16.7. The van der Waals surface area contributed by atoms with E-state index < -0.39 is 39.9 Å². The van der Waals surface area contributed by atoms with Gasteiger partial charge in [-0.1, -0.05) is 30.3 Å². The lowest BCUT2D eigenvalue weighted by molar-refractivity contribution is -0.201. The van der Waals surface area contributed by atoms with Crippen LogP contribution < -0.4 is 5.32 Å². The molecule has 13 heteroatoms. The molecule has 174 valence electrons. The number of carbonyl (C=O) groups is 4. The van der Waals surface area contributed by atoms with E-state index in [1.165, 1.54) is 0 Å². The van der Waals surface area contributed by atoms with Crippen molar-refractivity contribution >= 4 is 58.7 Å². The minimum absolute atomic E-state index is 0.00527. The number of amides is 3. The first-order valence-corrected chi connectivity index (χ1v) is 10.8. The van der Waals surface area contributed by atoms with Gasteiger partial charge in [-0.25, -0.2) is 9.59 Å². The molecule has 10 nitrogen and oxygen atoms in total. The normalized spacial score (nSPS) is 21.4. The Balaban J connectivity index is 1.59. The van der Waals surface area contributed by atoms with Gasteiger partial charge in [0.25, 0.3) is 11.8 Å². The molecule has 32 heavy (non-hydrogen) atoms. The molecule has 0 aliphatic carbocycles. The molecule has 2 saturated heterocycles. The fraction of sp³-hybridized carbons (Fsp3) is 0.474. The van der Waals surface area contributed by atoms with Crippen LogP contribution in [-0.4, -0.2) is 56.6 Å². The number of rotatable bonds is 6. The van der Waals surface area contributed by atoms with Crippen LogP contribution in [0.2, 0.25) is 0 Å². The molecule has 0 saturated carbocycles. The van der Waals surface area contributed by atoms with E-state index in [-0.39, 0.29) is 32.4 Å². The van der Waals surface area contributed by atoms with Gasteiger partial charge in [-0.15, -0.1) is 5.06 Å². The molecule has 3 amide bonds. The molecule has 2 heterocycles. The van der Waals surface area contributed by atoms with Gasteiger partial charge in [0, 0.05) is 19.4 Å². The van der Waals surface area contributed by atoms with Crippen LogP contribution >= 0.6 is 34.8 Å². The number of hydroxylamine groups is 4. The Hall–Kier alpha value is -2.11. The highest BCUT2D eigenvalue weighted by Crippen LogP contribution is 2.29. The van der Waals surface area contributed by atoms with Crippen molar-refractivity contribution in [3.8, 4) is 0 Å². The Kier molecular flexibility index (Phi) is 8.18. The largest absolute Gasteiger partial charge is 0.437 e. The summed E-state index contributed by atoms with van der Waals surface area (Å²) >= 11 is 16.7. The van der Waals surface area contributed by atoms with Crippen LogP contribution in [0, 0.1) is 0 Å². The Labute approximate surface area is 198 Å². The van der Waals surface area contributed by atoms with Crippen molar-refractivity contribution < 1.29 is 33.6 Å². The highest BCUT2D eigenvalue weighted by molar-refractivity contribution is 6.66. The summed E-state index contributed by atoms with van der Waals surface area (Å²) in [6, 6.07) is 7.75. The Morgan fingerprint density at radius 3 is 2.31 bits per heavy atom. The predicted octanol–water partition coefficient (Wildman–Crippen LogP) is 2.61. The summed E-state index contributed by atoms with van der Waals surface area (Å²) in [6.45, 7) is 0.169. The number of benzene rings is 1. The molecule has 0 spiro atoms. The number of nitrogens with one attached hydrogen (secondary N) is 1. The van der Waals surface area contributed by atoms with Crippen molar-refractivity contribution in [1.29, 1.82) is 0 Å². The number of ether oxygens (including phenoxy) is 1. The van der Waals surface area contributed by atoms with Gasteiger partial charge in [0.2, 0.25) is 0 Å². The fourth-order valence-corrected chi connectivity index (χ4v) is 3.42. The minimum atomic E-state index is -2.28. The summed E-state index contributed by atoms with van der Waals surface area (Å²) in [6.07, 6.45) is -0.469. The summed E-state index contributed by atoms with van der Waals surface area (Å²) < 4.78 is 2.50. The predicted molar refractivity (Wildman–Crippen MR) is 112 cm³/mol. The van der Waals surface area contributed by atoms with Crippen LogP contribution in [0.3, 0.4) is 0 Å². The molecule has 0 unspecified atom stereocenters. The van der Waals surface area contributed by atoms with Crippen molar-refractivity contribution in [2.24, 2.45) is 0 Å². The maximum absolute atomic E-state index is 12.5. The summed E-state index contributed by atoms with van der Waals surface area (Å²) in [7, 11) is 0. The highest BCUT2D eigenvalue weighted by atomic mass is 35.6. The topological polar surface area (TPSA) is 114 Å². The zero-order valence-corrected chi connectivity index (χ0v) is 18.9. The molecule has 2 atom stereocenters. The SMILES string of the molecule is O=C(ON1C(=O)CCC1=O)[C@@H]1CC[C@@H](N(OCc2ccccc2)C(=O)OC(Cl)(Cl)Cl)CN1. The van der Waals surface area contributed by atoms with Gasteiger partial charge < -0.3 is 14.9 Å². The number of piperidine rings is 1. The molecule has 2 aliphatic heterocycles. The van der Waals surface area contributed by atoms with Crippen LogP contribution in [0.4, 0.5) is 4.79 Å². The first kappa shape index (κ1) is 24.5. The first-order chi connectivity index (χ1) is 15.1. The Bertz CT molecular complexity index is 841. The summed E-state index contributed by atoms with van der Waals surface area (Å²) in [4.78, 5) is 58.7. The molecule has 1 N–H and O–H groups in total. The van der Waals surface area contributed by atoms with Crippen LogP contribution in [0.25, 0.3) is 0 Å². The molecule has 0 aromatic heterocycles. The second-order valence-electron chi connectivity index (χ2n) is 7.08. The van der Waals surface area contributed by atoms with Gasteiger partial charge in [0.1, 0.15) is 12.6 Å². The number of hydrogen-bond donors (Lipinski definition) is 1. The van der Waals surface area contributed by atoms with Gasteiger partial charge >= 0.3 is 16.0 Å². The lowest BCUT2D eigenvalue weighted by Gasteiger charge is -2.35. The fourth-order valence-electron chi connectivity index (χ4n) is 3.22. The van der Waals surface area contributed by atoms with E-state index in [9.17, 15) is 19.2 Å². The quantitative estimate of drug-likeness (QED) is 0.354. The third-order valence-corrected chi connectivity index (χ3v) is 5.02. The molecule has 2 aliphatic rings. The average molecular weight is 509 g/mol. The number of alkyl halides is 3. The molecule has 1 aromatic carbocycles. The van der Waals surface area contributed by atoms with Crippen molar-refractivity contribution in [2.75, 3.05) is 6.54 Å². The van der Waals surface area contributed by atoms with Crippen molar-refractivity contribution in [3.05, 3.63) is 35.9 Å². The van der Waals surface area contributed by atoms with Gasteiger partial charge in [0.15, 0.2) is 0 Å². The third-order valence-electron chi connectivity index (χ3n) is 4.79. The number of imide groups is 1. The number of carbonyl (C=O) groups excluding carboxylic acids is 4. The summed E-state index contributed by atoms with van der Waals surface area (Å²) in [5.74, 6) is -1.90. The van der Waals surface area contributed by atoms with Crippen LogP contribution in [-0.2, 0) is 35.4 Å². The third kappa shape index (κ3) is 6.69. The molecular formula is C19H20Cl3N3O7. The molecule has 0 bridgehead atoms. The van der Waals surface area contributed by atoms with E-state index in [4.69, 9.17) is 49.2 Å². The zero-order chi connectivity index (χ0) is 23.3. The van der Waals surface area contributed by atoms with E-state index in [0.717, 1.165) is 10.6 Å². The average Bonchev–Trinajstić information content (AvgIpc) is 3.06. The molecule has 3 rings (SSSR count). The first-order valence-electron chi connectivity index (χ1n) is 9.71. The number of hydrogen-bond acceptors (Lipinski definition) is 8. The van der Waals surface area contributed by atoms with E-state index in [1.54, 1.807) is 0 Å². The number of nitrogens with zero attached hydrogens (tertiary/aromatic N) is 2. The smallest absolute Gasteiger partial charge is 0.396 e. The van der Waals surface area contributed by atoms with Gasteiger partial charge in [-0.2, -0.15) is 5.06 Å². The Morgan fingerprint density at radius 2 is 1.75 bits per heavy atom. The van der Waals surface area contributed by atoms with Crippen LogP contribution in [0.1, 0.15) is 31.2 Å². The second-order valence-corrected chi connectivity index (χ2v) is 9.26. The van der Waals surface area contributed by atoms with E-state index in [0.29, 0.717) is 11.5 Å². The monoisotopic (exact) mass is 507 g/mol. The van der Waals surface area contributed by atoms with Crippen molar-refractivity contribution in [1.82, 2.24) is 15.4 Å². The maximum atomic E-state index is 12.5. The number of halogens is 3. The van der Waals surface area contributed by atoms with Crippen LogP contribution in [0.5, 0.6) is 0 Å². The summed E-state index contributed by atoms with van der Waals surface area (Å²) in [5, 5.41) is 4.36. The van der Waals surface area contributed by atoms with Gasteiger partial charge in [-0.3, -0.25) is 14.4 Å². The molecule has 0 radical (unpaired) electrons. The standard InChI is InChI=1S/C19H20Cl3N3O7/c20-19(21,22)31-18(29)24(30-11-12-4-2-1-3-5-12)13-6-7-14(23-10-13)17(28)32-25-15(26)8-9-16(25)27/h1-5,13-14,23H,6-11H2/t13-,14+/m1/s1. The van der Waals surface area contributed by atoms with Crippen LogP contribution in [0.15, 0.2) is 30.3 Å². The molecule has 2 fully saturated rings. The molecule has 1 aromatic rings. The van der Waals surface area contributed by atoms with Gasteiger partial charge in [-0.05, 0) is 53.2 Å². The van der Waals surface area contributed by atoms with Crippen molar-refractivity contribution in [2.45, 2.75) is 48.4 Å².